The van der Waals surface area contributed by atoms with Crippen molar-refractivity contribution in [2.45, 2.75) is 43.4 Å². The Hall–Kier alpha value is -1.16. The van der Waals surface area contributed by atoms with Gasteiger partial charge in [0, 0.05) is 16.7 Å². The molecule has 24 heavy (non-hydrogen) atoms. The lowest BCUT2D eigenvalue weighted by Gasteiger charge is -2.43. The standard InChI is InChI=1S/C20H25NOS.ClH/c1-20(2)17-13-16(22)9-8-15(17)12-18(19(20)21)23-11-10-14-6-4-3-5-7-14;/h3-9,13,18-19,22H,10-12,21H2,1-2H3;1H/t18-,19+;/m0./s1. The molecule has 2 nitrogen and oxygen atoms in total. The molecule has 0 saturated heterocycles. The zero-order valence-corrected chi connectivity index (χ0v) is 15.9. The van der Waals surface area contributed by atoms with Gasteiger partial charge < -0.3 is 10.8 Å². The number of phenols is 1. The molecule has 3 N–H and O–H groups in total. The minimum Gasteiger partial charge on any atom is -0.508 e. The van der Waals surface area contributed by atoms with Crippen molar-refractivity contribution in [1.29, 1.82) is 0 Å². The van der Waals surface area contributed by atoms with E-state index in [0.29, 0.717) is 11.0 Å². The Morgan fingerprint density at radius 2 is 1.88 bits per heavy atom. The van der Waals surface area contributed by atoms with Crippen molar-refractivity contribution < 1.29 is 5.11 Å². The molecule has 1 aliphatic rings. The largest absolute Gasteiger partial charge is 0.508 e. The number of hydrogen-bond donors (Lipinski definition) is 2. The molecule has 2 atom stereocenters. The molecule has 3 rings (SSSR count). The monoisotopic (exact) mass is 363 g/mol. The Morgan fingerprint density at radius 3 is 2.58 bits per heavy atom. The lowest BCUT2D eigenvalue weighted by molar-refractivity contribution is 0.369. The van der Waals surface area contributed by atoms with Crippen LogP contribution in [-0.4, -0.2) is 22.2 Å². The van der Waals surface area contributed by atoms with E-state index in [1.165, 1.54) is 16.7 Å². The van der Waals surface area contributed by atoms with Crippen LogP contribution in [0.1, 0.15) is 30.5 Å². The third kappa shape index (κ3) is 3.90. The summed E-state index contributed by atoms with van der Waals surface area (Å²) < 4.78 is 0. The van der Waals surface area contributed by atoms with E-state index in [0.717, 1.165) is 18.6 Å². The van der Waals surface area contributed by atoms with Crippen molar-refractivity contribution in [1.82, 2.24) is 0 Å². The fraction of sp³-hybridized carbons (Fsp3) is 0.400. The molecular weight excluding hydrogens is 338 g/mol. The van der Waals surface area contributed by atoms with Gasteiger partial charge in [-0.3, -0.25) is 0 Å². The second-order valence-electron chi connectivity index (χ2n) is 6.94. The fourth-order valence-corrected chi connectivity index (χ4v) is 4.97. The van der Waals surface area contributed by atoms with Crippen LogP contribution < -0.4 is 5.73 Å². The molecule has 2 aromatic carbocycles. The zero-order chi connectivity index (χ0) is 16.4. The lowest BCUT2D eigenvalue weighted by atomic mass is 9.69. The summed E-state index contributed by atoms with van der Waals surface area (Å²) in [6, 6.07) is 16.4. The summed E-state index contributed by atoms with van der Waals surface area (Å²) in [5, 5.41) is 10.2. The third-order valence-corrected chi connectivity index (χ3v) is 6.34. The number of rotatable bonds is 4. The molecule has 0 saturated carbocycles. The summed E-state index contributed by atoms with van der Waals surface area (Å²) in [5.74, 6) is 1.42. The minimum atomic E-state index is -0.114. The smallest absolute Gasteiger partial charge is 0.115 e. The molecule has 0 fully saturated rings. The molecule has 0 amide bonds. The van der Waals surface area contributed by atoms with Crippen LogP contribution in [0.25, 0.3) is 0 Å². The highest BCUT2D eigenvalue weighted by molar-refractivity contribution is 7.99. The normalized spacial score (nSPS) is 21.6. The van der Waals surface area contributed by atoms with Gasteiger partial charge in [0.2, 0.25) is 0 Å². The Morgan fingerprint density at radius 1 is 1.17 bits per heavy atom. The van der Waals surface area contributed by atoms with Gasteiger partial charge in [-0.1, -0.05) is 50.2 Å². The maximum atomic E-state index is 9.79. The molecule has 0 aliphatic heterocycles. The highest BCUT2D eigenvalue weighted by Crippen LogP contribution is 2.41. The van der Waals surface area contributed by atoms with Crippen molar-refractivity contribution in [3.05, 3.63) is 65.2 Å². The van der Waals surface area contributed by atoms with Crippen LogP contribution in [0.3, 0.4) is 0 Å². The van der Waals surface area contributed by atoms with Crippen LogP contribution in [0, 0.1) is 0 Å². The van der Waals surface area contributed by atoms with Crippen molar-refractivity contribution in [3.8, 4) is 5.75 Å². The lowest BCUT2D eigenvalue weighted by Crippen LogP contribution is -2.52. The molecular formula is C20H26ClNOS. The van der Waals surface area contributed by atoms with Crippen LogP contribution in [0.2, 0.25) is 0 Å². The second kappa shape index (κ2) is 7.81. The SMILES string of the molecule is CC1(C)c2cc(O)ccc2C[C@H](SCCc2ccccc2)[C@H]1N.Cl. The molecule has 130 valence electrons. The van der Waals surface area contributed by atoms with E-state index in [1.54, 1.807) is 6.07 Å². The van der Waals surface area contributed by atoms with Gasteiger partial charge in [-0.05, 0) is 47.4 Å². The second-order valence-corrected chi connectivity index (χ2v) is 8.28. The highest BCUT2D eigenvalue weighted by Gasteiger charge is 2.40. The summed E-state index contributed by atoms with van der Waals surface area (Å²) >= 11 is 1.98. The number of thioether (sulfide) groups is 1. The summed E-state index contributed by atoms with van der Waals surface area (Å²) in [7, 11) is 0. The van der Waals surface area contributed by atoms with Crippen molar-refractivity contribution in [3.63, 3.8) is 0 Å². The van der Waals surface area contributed by atoms with Gasteiger partial charge in [0.05, 0.1) is 0 Å². The van der Waals surface area contributed by atoms with Gasteiger partial charge in [0.25, 0.3) is 0 Å². The Kier molecular flexibility index (Phi) is 6.24. The predicted molar refractivity (Wildman–Crippen MR) is 106 cm³/mol. The number of nitrogens with two attached hydrogens (primary N) is 1. The Labute approximate surface area is 155 Å². The maximum absolute atomic E-state index is 9.79. The Bertz CT molecular complexity index is 675. The highest BCUT2D eigenvalue weighted by atomic mass is 35.5. The number of fused-ring (bicyclic) bond motifs is 1. The quantitative estimate of drug-likeness (QED) is 0.850. The minimum absolute atomic E-state index is 0. The number of hydrogen-bond acceptors (Lipinski definition) is 3. The summed E-state index contributed by atoms with van der Waals surface area (Å²) in [5.41, 5.74) is 10.4. The van der Waals surface area contributed by atoms with Gasteiger partial charge in [-0.15, -0.1) is 12.4 Å². The maximum Gasteiger partial charge on any atom is 0.115 e. The van der Waals surface area contributed by atoms with Crippen molar-refractivity contribution in [2.75, 3.05) is 5.75 Å². The third-order valence-electron chi connectivity index (χ3n) is 5.01. The number of benzene rings is 2. The predicted octanol–water partition coefficient (Wildman–Crippen LogP) is 4.32. The average Bonchev–Trinajstić information content (AvgIpc) is 2.54. The molecule has 0 spiro atoms. The van der Waals surface area contributed by atoms with E-state index in [9.17, 15) is 5.11 Å². The van der Waals surface area contributed by atoms with E-state index in [-0.39, 0.29) is 23.9 Å². The Balaban J connectivity index is 0.00000208. The first-order chi connectivity index (χ1) is 11.0. The van der Waals surface area contributed by atoms with Gasteiger partial charge in [0.15, 0.2) is 0 Å². The van der Waals surface area contributed by atoms with Crippen LogP contribution in [0.15, 0.2) is 48.5 Å². The van der Waals surface area contributed by atoms with Gasteiger partial charge in [-0.25, -0.2) is 0 Å². The molecule has 4 heteroatoms. The number of aryl methyl sites for hydroxylation is 1. The van der Waals surface area contributed by atoms with E-state index >= 15 is 0 Å². The van der Waals surface area contributed by atoms with Crippen LogP contribution in [0.4, 0.5) is 0 Å². The summed E-state index contributed by atoms with van der Waals surface area (Å²) in [6.07, 6.45) is 2.07. The fourth-order valence-electron chi connectivity index (χ4n) is 3.47. The van der Waals surface area contributed by atoms with E-state index in [2.05, 4.69) is 50.2 Å². The number of halogens is 1. The first kappa shape index (κ1) is 19.2. The summed E-state index contributed by atoms with van der Waals surface area (Å²) in [6.45, 7) is 4.39. The first-order valence-electron chi connectivity index (χ1n) is 8.22. The summed E-state index contributed by atoms with van der Waals surface area (Å²) in [4.78, 5) is 0. The zero-order valence-electron chi connectivity index (χ0n) is 14.2. The van der Waals surface area contributed by atoms with Crippen LogP contribution in [0.5, 0.6) is 5.75 Å². The molecule has 0 aromatic heterocycles. The van der Waals surface area contributed by atoms with Crippen LogP contribution >= 0.6 is 24.2 Å². The molecule has 2 aromatic rings. The molecule has 0 unspecified atom stereocenters. The van der Waals surface area contributed by atoms with Gasteiger partial charge in [-0.2, -0.15) is 11.8 Å². The van der Waals surface area contributed by atoms with Crippen molar-refractivity contribution >= 4 is 24.2 Å². The first-order valence-corrected chi connectivity index (χ1v) is 9.27. The van der Waals surface area contributed by atoms with Crippen LogP contribution in [-0.2, 0) is 18.3 Å². The number of aromatic hydroxyl groups is 1. The van der Waals surface area contributed by atoms with Gasteiger partial charge >= 0.3 is 0 Å². The topological polar surface area (TPSA) is 46.2 Å². The van der Waals surface area contributed by atoms with E-state index in [1.807, 2.05) is 17.8 Å². The molecule has 0 radical (unpaired) electrons. The molecule has 0 heterocycles. The molecule has 0 bridgehead atoms. The average molecular weight is 364 g/mol. The molecule has 1 aliphatic carbocycles. The van der Waals surface area contributed by atoms with Gasteiger partial charge in [0.1, 0.15) is 5.75 Å². The number of phenolic OH excluding ortho intramolecular Hbond substituents is 1. The van der Waals surface area contributed by atoms with Crippen molar-refractivity contribution in [2.24, 2.45) is 5.73 Å². The van der Waals surface area contributed by atoms with E-state index < -0.39 is 0 Å². The van der Waals surface area contributed by atoms with E-state index in [4.69, 9.17) is 5.73 Å².